The SMILES string of the molecule is C=C(NC)c1cccc(C(=C)NC)c1. The summed E-state index contributed by atoms with van der Waals surface area (Å²) in [6, 6.07) is 8.09. The average molecular weight is 188 g/mol. The number of nitrogens with one attached hydrogen (secondary N) is 2. The van der Waals surface area contributed by atoms with Crippen molar-refractivity contribution in [3.63, 3.8) is 0 Å². The van der Waals surface area contributed by atoms with Gasteiger partial charge in [0.25, 0.3) is 0 Å². The molecule has 0 heterocycles. The molecule has 0 radical (unpaired) electrons. The van der Waals surface area contributed by atoms with Crippen LogP contribution in [0.2, 0.25) is 0 Å². The van der Waals surface area contributed by atoms with Crippen LogP contribution in [0.25, 0.3) is 11.4 Å². The first-order valence-corrected chi connectivity index (χ1v) is 4.53. The van der Waals surface area contributed by atoms with Gasteiger partial charge in [-0.1, -0.05) is 31.4 Å². The molecule has 0 fully saturated rings. The molecule has 1 aromatic carbocycles. The zero-order valence-corrected chi connectivity index (χ0v) is 8.72. The van der Waals surface area contributed by atoms with Crippen LogP contribution in [0, 0.1) is 0 Å². The van der Waals surface area contributed by atoms with E-state index in [1.54, 1.807) is 0 Å². The van der Waals surface area contributed by atoms with E-state index in [4.69, 9.17) is 0 Å². The van der Waals surface area contributed by atoms with Crippen LogP contribution < -0.4 is 10.6 Å². The fourth-order valence-corrected chi connectivity index (χ4v) is 1.18. The van der Waals surface area contributed by atoms with Crippen LogP contribution >= 0.6 is 0 Å². The molecule has 0 aliphatic heterocycles. The first kappa shape index (κ1) is 10.4. The molecule has 0 aromatic heterocycles. The van der Waals surface area contributed by atoms with E-state index in [0.29, 0.717) is 0 Å². The molecular weight excluding hydrogens is 172 g/mol. The van der Waals surface area contributed by atoms with Crippen molar-refractivity contribution in [1.82, 2.24) is 10.6 Å². The van der Waals surface area contributed by atoms with E-state index in [2.05, 4.69) is 29.9 Å². The summed E-state index contributed by atoms with van der Waals surface area (Å²) in [6.07, 6.45) is 0. The third-order valence-electron chi connectivity index (χ3n) is 2.16. The lowest BCUT2D eigenvalue weighted by Gasteiger charge is -2.09. The van der Waals surface area contributed by atoms with Crippen LogP contribution in [-0.4, -0.2) is 14.1 Å². The Balaban J connectivity index is 3.01. The molecule has 0 saturated carbocycles. The van der Waals surface area contributed by atoms with Crippen molar-refractivity contribution in [2.75, 3.05) is 14.1 Å². The molecule has 0 spiro atoms. The van der Waals surface area contributed by atoms with Crippen LogP contribution in [0.4, 0.5) is 0 Å². The molecule has 0 unspecified atom stereocenters. The second-order valence-corrected chi connectivity index (χ2v) is 3.04. The Labute approximate surface area is 85.3 Å². The molecule has 0 saturated heterocycles. The lowest BCUT2D eigenvalue weighted by atomic mass is 10.1. The quantitative estimate of drug-likeness (QED) is 0.755. The van der Waals surface area contributed by atoms with Gasteiger partial charge in [-0.2, -0.15) is 0 Å². The summed E-state index contributed by atoms with van der Waals surface area (Å²) in [4.78, 5) is 0. The molecule has 1 aromatic rings. The Hall–Kier alpha value is -1.70. The third-order valence-corrected chi connectivity index (χ3v) is 2.16. The summed E-state index contributed by atoms with van der Waals surface area (Å²) in [5, 5.41) is 6.04. The van der Waals surface area contributed by atoms with Gasteiger partial charge in [0.05, 0.1) is 0 Å². The predicted octanol–water partition coefficient (Wildman–Crippen LogP) is 2.07. The van der Waals surface area contributed by atoms with Crippen LogP contribution in [0.3, 0.4) is 0 Å². The first-order valence-electron chi connectivity index (χ1n) is 4.53. The van der Waals surface area contributed by atoms with Gasteiger partial charge in [0, 0.05) is 25.5 Å². The highest BCUT2D eigenvalue weighted by Gasteiger charge is 1.99. The molecule has 14 heavy (non-hydrogen) atoms. The lowest BCUT2D eigenvalue weighted by Crippen LogP contribution is -2.05. The summed E-state index contributed by atoms with van der Waals surface area (Å²) < 4.78 is 0. The fraction of sp³-hybridized carbons (Fsp3) is 0.167. The van der Waals surface area contributed by atoms with Crippen molar-refractivity contribution in [1.29, 1.82) is 0 Å². The normalized spacial score (nSPS) is 9.29. The van der Waals surface area contributed by atoms with E-state index < -0.39 is 0 Å². The van der Waals surface area contributed by atoms with Crippen LogP contribution in [0.15, 0.2) is 37.4 Å². The smallest absolute Gasteiger partial charge is 0.0338 e. The minimum Gasteiger partial charge on any atom is -0.388 e. The van der Waals surface area contributed by atoms with Crippen LogP contribution in [0.1, 0.15) is 11.1 Å². The first-order chi connectivity index (χ1) is 6.69. The van der Waals surface area contributed by atoms with Gasteiger partial charge in [0.15, 0.2) is 0 Å². The van der Waals surface area contributed by atoms with Gasteiger partial charge >= 0.3 is 0 Å². The summed E-state index contributed by atoms with van der Waals surface area (Å²) in [7, 11) is 3.73. The lowest BCUT2D eigenvalue weighted by molar-refractivity contribution is 1.12. The summed E-state index contributed by atoms with van der Waals surface area (Å²) in [6.45, 7) is 7.82. The van der Waals surface area contributed by atoms with E-state index in [9.17, 15) is 0 Å². The monoisotopic (exact) mass is 188 g/mol. The molecule has 1 rings (SSSR count). The molecular formula is C12H16N2. The third kappa shape index (κ3) is 2.16. The maximum atomic E-state index is 3.91. The second-order valence-electron chi connectivity index (χ2n) is 3.04. The Morgan fingerprint density at radius 2 is 1.43 bits per heavy atom. The zero-order chi connectivity index (χ0) is 10.6. The van der Waals surface area contributed by atoms with Crippen molar-refractivity contribution < 1.29 is 0 Å². The fourth-order valence-electron chi connectivity index (χ4n) is 1.18. The van der Waals surface area contributed by atoms with E-state index in [1.165, 1.54) is 0 Å². The standard InChI is InChI=1S/C12H16N2/c1-9(13-3)11-6-5-7-12(8-11)10(2)14-4/h5-8,13-14H,1-2H2,3-4H3. The van der Waals surface area contributed by atoms with Gasteiger partial charge in [-0.3, -0.25) is 0 Å². The summed E-state index contributed by atoms with van der Waals surface area (Å²) in [5.41, 5.74) is 3.99. The van der Waals surface area contributed by atoms with E-state index >= 15 is 0 Å². The van der Waals surface area contributed by atoms with E-state index in [1.807, 2.05) is 32.3 Å². The second kappa shape index (κ2) is 4.51. The Morgan fingerprint density at radius 3 is 1.79 bits per heavy atom. The van der Waals surface area contributed by atoms with Crippen molar-refractivity contribution >= 4 is 11.4 Å². The Bertz CT molecular complexity index is 322. The van der Waals surface area contributed by atoms with Gasteiger partial charge < -0.3 is 10.6 Å². The summed E-state index contributed by atoms with van der Waals surface area (Å²) in [5.74, 6) is 0. The molecule has 2 N–H and O–H groups in total. The zero-order valence-electron chi connectivity index (χ0n) is 8.72. The molecule has 0 aliphatic carbocycles. The average Bonchev–Trinajstić information content (AvgIpc) is 2.27. The minimum atomic E-state index is 0.913. The Kier molecular flexibility index (Phi) is 3.35. The van der Waals surface area contributed by atoms with Crippen LogP contribution in [-0.2, 0) is 0 Å². The van der Waals surface area contributed by atoms with E-state index in [-0.39, 0.29) is 0 Å². The maximum absolute atomic E-state index is 3.91. The van der Waals surface area contributed by atoms with Gasteiger partial charge in [0.2, 0.25) is 0 Å². The maximum Gasteiger partial charge on any atom is 0.0338 e. The highest BCUT2D eigenvalue weighted by molar-refractivity contribution is 5.68. The number of hydrogen-bond acceptors (Lipinski definition) is 2. The largest absolute Gasteiger partial charge is 0.388 e. The minimum absolute atomic E-state index is 0.913. The molecule has 2 nitrogen and oxygen atoms in total. The van der Waals surface area contributed by atoms with Crippen molar-refractivity contribution in [2.24, 2.45) is 0 Å². The van der Waals surface area contributed by atoms with Crippen molar-refractivity contribution in [2.45, 2.75) is 0 Å². The number of hydrogen-bond donors (Lipinski definition) is 2. The predicted molar refractivity (Wildman–Crippen MR) is 62.6 cm³/mol. The van der Waals surface area contributed by atoms with Gasteiger partial charge in [0.1, 0.15) is 0 Å². The van der Waals surface area contributed by atoms with Gasteiger partial charge in [-0.15, -0.1) is 0 Å². The number of benzene rings is 1. The highest BCUT2D eigenvalue weighted by Crippen LogP contribution is 2.15. The molecule has 0 atom stereocenters. The molecule has 2 heteroatoms. The van der Waals surface area contributed by atoms with Crippen LogP contribution in [0.5, 0.6) is 0 Å². The Morgan fingerprint density at radius 1 is 1.00 bits per heavy atom. The van der Waals surface area contributed by atoms with Crippen molar-refractivity contribution in [3.05, 3.63) is 48.6 Å². The molecule has 0 bridgehead atoms. The van der Waals surface area contributed by atoms with E-state index in [0.717, 1.165) is 22.5 Å². The van der Waals surface area contributed by atoms with Crippen molar-refractivity contribution in [3.8, 4) is 0 Å². The molecule has 74 valence electrons. The molecule has 0 amide bonds. The van der Waals surface area contributed by atoms with Gasteiger partial charge in [-0.05, 0) is 17.2 Å². The highest BCUT2D eigenvalue weighted by atomic mass is 14.8. The summed E-state index contributed by atoms with van der Waals surface area (Å²) >= 11 is 0. The topological polar surface area (TPSA) is 24.1 Å². The van der Waals surface area contributed by atoms with Gasteiger partial charge in [-0.25, -0.2) is 0 Å². The molecule has 0 aliphatic rings. The number of rotatable bonds is 4.